The zero-order valence-electron chi connectivity index (χ0n) is 14.1. The van der Waals surface area contributed by atoms with E-state index in [2.05, 4.69) is 10.3 Å². The Hall–Kier alpha value is -2.11. The highest BCUT2D eigenvalue weighted by Crippen LogP contribution is 2.26. The SMILES string of the molecule is COC(=O)C(CC(C)C)NC(=O)c1[nH]c2c(c1C)C(=O)CCC2. The summed E-state index contributed by atoms with van der Waals surface area (Å²) in [7, 11) is 1.30. The largest absolute Gasteiger partial charge is 0.467 e. The summed E-state index contributed by atoms with van der Waals surface area (Å²) in [5.41, 5.74) is 2.49. The highest BCUT2D eigenvalue weighted by molar-refractivity contribution is 6.04. The van der Waals surface area contributed by atoms with Crippen LogP contribution in [0.15, 0.2) is 0 Å². The first-order chi connectivity index (χ1) is 10.8. The standard InChI is InChI=1S/C17H24N2O4/c1-9(2)8-12(17(22)23-4)19-16(21)15-10(3)14-11(18-15)6-5-7-13(14)20/h9,12,18H,5-8H2,1-4H3,(H,19,21). The van der Waals surface area contributed by atoms with Crippen LogP contribution in [0.1, 0.15) is 65.2 Å². The molecule has 1 heterocycles. The van der Waals surface area contributed by atoms with Gasteiger partial charge in [-0.3, -0.25) is 9.59 Å². The van der Waals surface area contributed by atoms with Crippen LogP contribution < -0.4 is 5.32 Å². The van der Waals surface area contributed by atoms with Crippen molar-refractivity contribution in [2.45, 2.75) is 52.5 Å². The molecule has 0 radical (unpaired) electrons. The molecule has 6 nitrogen and oxygen atoms in total. The van der Waals surface area contributed by atoms with E-state index in [4.69, 9.17) is 4.74 Å². The number of hydrogen-bond donors (Lipinski definition) is 2. The number of methoxy groups -OCH3 is 1. The van der Waals surface area contributed by atoms with Gasteiger partial charge in [-0.2, -0.15) is 0 Å². The minimum Gasteiger partial charge on any atom is -0.467 e. The van der Waals surface area contributed by atoms with E-state index in [0.717, 1.165) is 18.5 Å². The zero-order valence-corrected chi connectivity index (χ0v) is 14.1. The summed E-state index contributed by atoms with van der Waals surface area (Å²) in [6.45, 7) is 5.71. The van der Waals surface area contributed by atoms with Crippen LogP contribution in [-0.2, 0) is 16.0 Å². The van der Waals surface area contributed by atoms with Gasteiger partial charge in [0.15, 0.2) is 5.78 Å². The molecule has 1 aliphatic carbocycles. The van der Waals surface area contributed by atoms with Gasteiger partial charge in [-0.25, -0.2) is 4.79 Å². The van der Waals surface area contributed by atoms with Gasteiger partial charge < -0.3 is 15.0 Å². The van der Waals surface area contributed by atoms with Gasteiger partial charge in [0.25, 0.3) is 5.91 Å². The van der Waals surface area contributed by atoms with Gasteiger partial charge in [0.2, 0.25) is 0 Å². The van der Waals surface area contributed by atoms with Crippen LogP contribution >= 0.6 is 0 Å². The molecule has 6 heteroatoms. The lowest BCUT2D eigenvalue weighted by Crippen LogP contribution is -2.42. The third-order valence-electron chi connectivity index (χ3n) is 4.16. The fourth-order valence-corrected chi connectivity index (χ4v) is 3.06. The fraction of sp³-hybridized carbons (Fsp3) is 0.588. The molecule has 2 rings (SSSR count). The number of aryl methyl sites for hydroxylation is 1. The second-order valence-corrected chi connectivity index (χ2v) is 6.43. The molecule has 2 N–H and O–H groups in total. The topological polar surface area (TPSA) is 88.3 Å². The van der Waals surface area contributed by atoms with Crippen molar-refractivity contribution in [1.82, 2.24) is 10.3 Å². The number of carbonyl (C=O) groups excluding carboxylic acids is 3. The van der Waals surface area contributed by atoms with E-state index in [0.29, 0.717) is 29.7 Å². The Balaban J connectivity index is 2.23. The van der Waals surface area contributed by atoms with Gasteiger partial charge in [-0.15, -0.1) is 0 Å². The smallest absolute Gasteiger partial charge is 0.328 e. The minimum absolute atomic E-state index is 0.0748. The molecule has 1 amide bonds. The number of hydrogen-bond acceptors (Lipinski definition) is 4. The van der Waals surface area contributed by atoms with Crippen LogP contribution in [0.3, 0.4) is 0 Å². The molecule has 1 aliphatic rings. The van der Waals surface area contributed by atoms with Crippen LogP contribution in [0.4, 0.5) is 0 Å². The number of rotatable bonds is 5. The second kappa shape index (κ2) is 6.98. The normalized spacial score (nSPS) is 15.3. The molecule has 0 spiro atoms. The number of aromatic amines is 1. The minimum atomic E-state index is -0.692. The van der Waals surface area contributed by atoms with Crippen molar-refractivity contribution in [2.75, 3.05) is 7.11 Å². The van der Waals surface area contributed by atoms with Gasteiger partial charge in [-0.1, -0.05) is 13.8 Å². The van der Waals surface area contributed by atoms with Gasteiger partial charge in [0.1, 0.15) is 11.7 Å². The molecule has 23 heavy (non-hydrogen) atoms. The molecule has 0 saturated carbocycles. The molecule has 0 aromatic carbocycles. The molecule has 1 atom stereocenters. The first kappa shape index (κ1) is 17.2. The maximum Gasteiger partial charge on any atom is 0.328 e. The number of Topliss-reactive ketones (excluding diaryl/α,β-unsaturated/α-hetero) is 1. The van der Waals surface area contributed by atoms with Crippen molar-refractivity contribution < 1.29 is 19.1 Å². The van der Waals surface area contributed by atoms with E-state index in [1.807, 2.05) is 13.8 Å². The van der Waals surface area contributed by atoms with Crippen molar-refractivity contribution in [3.63, 3.8) is 0 Å². The molecule has 0 aliphatic heterocycles. The van der Waals surface area contributed by atoms with Crippen LogP contribution in [0.5, 0.6) is 0 Å². The van der Waals surface area contributed by atoms with Crippen molar-refractivity contribution in [3.8, 4) is 0 Å². The maximum atomic E-state index is 12.5. The number of ether oxygens (including phenoxy) is 1. The quantitative estimate of drug-likeness (QED) is 0.814. The van der Waals surface area contributed by atoms with Gasteiger partial charge >= 0.3 is 5.97 Å². The van der Waals surface area contributed by atoms with E-state index in [9.17, 15) is 14.4 Å². The van der Waals surface area contributed by atoms with Crippen LogP contribution in [0.2, 0.25) is 0 Å². The average Bonchev–Trinajstić information content (AvgIpc) is 2.83. The number of amides is 1. The van der Waals surface area contributed by atoms with E-state index in [1.54, 1.807) is 6.92 Å². The lowest BCUT2D eigenvalue weighted by Gasteiger charge is -2.18. The fourth-order valence-electron chi connectivity index (χ4n) is 3.06. The highest BCUT2D eigenvalue weighted by Gasteiger charge is 2.29. The molecule has 0 bridgehead atoms. The number of H-pyrrole nitrogens is 1. The number of carbonyl (C=O) groups is 3. The second-order valence-electron chi connectivity index (χ2n) is 6.43. The molecule has 0 fully saturated rings. The molecular weight excluding hydrogens is 296 g/mol. The molecule has 1 aromatic heterocycles. The summed E-state index contributed by atoms with van der Waals surface area (Å²) in [6, 6.07) is -0.692. The Morgan fingerprint density at radius 2 is 2.00 bits per heavy atom. The Labute approximate surface area is 136 Å². The van der Waals surface area contributed by atoms with Crippen molar-refractivity contribution in [3.05, 3.63) is 22.5 Å². The number of fused-ring (bicyclic) bond motifs is 1. The van der Waals surface area contributed by atoms with Crippen molar-refractivity contribution >= 4 is 17.7 Å². The van der Waals surface area contributed by atoms with E-state index >= 15 is 0 Å². The summed E-state index contributed by atoms with van der Waals surface area (Å²) >= 11 is 0. The van der Waals surface area contributed by atoms with Gasteiger partial charge in [-0.05, 0) is 37.7 Å². The molecule has 0 saturated heterocycles. The summed E-state index contributed by atoms with van der Waals surface area (Å²) in [5.74, 6) is -0.525. The molecule has 126 valence electrons. The van der Waals surface area contributed by atoms with Crippen molar-refractivity contribution in [1.29, 1.82) is 0 Å². The summed E-state index contributed by atoms with van der Waals surface area (Å²) < 4.78 is 4.76. The van der Waals surface area contributed by atoms with E-state index in [-0.39, 0.29) is 17.6 Å². The van der Waals surface area contributed by atoms with Crippen molar-refractivity contribution in [2.24, 2.45) is 5.92 Å². The third-order valence-corrected chi connectivity index (χ3v) is 4.16. The summed E-state index contributed by atoms with van der Waals surface area (Å²) in [4.78, 5) is 39.5. The first-order valence-electron chi connectivity index (χ1n) is 7.98. The Morgan fingerprint density at radius 1 is 1.30 bits per heavy atom. The zero-order chi connectivity index (χ0) is 17.1. The summed E-state index contributed by atoms with van der Waals surface area (Å²) in [5, 5.41) is 2.72. The first-order valence-corrected chi connectivity index (χ1v) is 7.98. The van der Waals surface area contributed by atoms with Crippen LogP contribution in [-0.4, -0.2) is 35.8 Å². The van der Waals surface area contributed by atoms with Gasteiger partial charge in [0.05, 0.1) is 7.11 Å². The lowest BCUT2D eigenvalue weighted by atomic mass is 9.93. The van der Waals surface area contributed by atoms with Crippen LogP contribution in [0, 0.1) is 12.8 Å². The molecule has 1 aromatic rings. The van der Waals surface area contributed by atoms with E-state index < -0.39 is 12.0 Å². The number of esters is 1. The Bertz CT molecular complexity index is 631. The van der Waals surface area contributed by atoms with E-state index in [1.165, 1.54) is 7.11 Å². The predicted octanol–water partition coefficient (Wildman–Crippen LogP) is 2.16. The third kappa shape index (κ3) is 3.63. The maximum absolute atomic E-state index is 12.5. The number of ketones is 1. The van der Waals surface area contributed by atoms with Crippen LogP contribution in [0.25, 0.3) is 0 Å². The molecule has 1 unspecified atom stereocenters. The Kier molecular flexibility index (Phi) is 5.23. The highest BCUT2D eigenvalue weighted by atomic mass is 16.5. The Morgan fingerprint density at radius 3 is 2.57 bits per heavy atom. The lowest BCUT2D eigenvalue weighted by molar-refractivity contribution is -0.143. The number of nitrogens with one attached hydrogen (secondary N) is 2. The van der Waals surface area contributed by atoms with Gasteiger partial charge in [0, 0.05) is 17.7 Å². The summed E-state index contributed by atoms with van der Waals surface area (Å²) in [6.07, 6.45) is 2.58. The molecular formula is C17H24N2O4. The number of aromatic nitrogens is 1. The average molecular weight is 320 g/mol. The monoisotopic (exact) mass is 320 g/mol. The predicted molar refractivity (Wildman–Crippen MR) is 85.5 cm³/mol.